The zero-order valence-electron chi connectivity index (χ0n) is 37.7. The molecule has 1 unspecified atom stereocenters. The number of hydrogen-bond acceptors (Lipinski definition) is 5. The van der Waals surface area contributed by atoms with Gasteiger partial charge in [-0.1, -0.05) is 195 Å². The molecule has 0 aliphatic heterocycles. The predicted molar refractivity (Wildman–Crippen MR) is 235 cm³/mol. The highest BCUT2D eigenvalue weighted by molar-refractivity contribution is 5.69. The number of ether oxygens (including phenoxy) is 2. The molecule has 0 radical (unpaired) electrons. The zero-order chi connectivity index (χ0) is 39.7. The number of carbonyl (C=O) groups is 2. The number of carbonyl (C=O) groups excluding carboxylic acids is 2. The fraction of sp³-hybridized carbons (Fsp3) is 0.959. The molecular weight excluding hydrogens is 667 g/mol. The number of nitrogens with zero attached hydrogens (tertiary/aromatic N) is 1. The molecule has 0 aromatic heterocycles. The Balaban J connectivity index is 4.35. The third-order valence-corrected chi connectivity index (χ3v) is 11.9. The summed E-state index contributed by atoms with van der Waals surface area (Å²) in [5.74, 6) is 1.48. The van der Waals surface area contributed by atoms with Crippen LogP contribution in [0.5, 0.6) is 0 Å². The van der Waals surface area contributed by atoms with E-state index in [-0.39, 0.29) is 18.0 Å². The van der Waals surface area contributed by atoms with E-state index in [1.807, 2.05) is 0 Å². The lowest BCUT2D eigenvalue weighted by molar-refractivity contribution is -0.150. The molecule has 0 heterocycles. The van der Waals surface area contributed by atoms with Crippen molar-refractivity contribution in [2.24, 2.45) is 11.8 Å². The summed E-state index contributed by atoms with van der Waals surface area (Å²) in [5, 5.41) is 0. The number of esters is 2. The average Bonchev–Trinajstić information content (AvgIpc) is 3.16. The molecule has 0 fully saturated rings. The van der Waals surface area contributed by atoms with Crippen molar-refractivity contribution in [2.45, 2.75) is 265 Å². The summed E-state index contributed by atoms with van der Waals surface area (Å²) >= 11 is 0. The first kappa shape index (κ1) is 52.9. The van der Waals surface area contributed by atoms with Gasteiger partial charge in [0.2, 0.25) is 0 Å². The molecule has 0 saturated carbocycles. The topological polar surface area (TPSA) is 55.8 Å². The molecule has 322 valence electrons. The second kappa shape index (κ2) is 41.5. The van der Waals surface area contributed by atoms with E-state index in [2.05, 4.69) is 46.6 Å². The first-order valence-electron chi connectivity index (χ1n) is 24.4. The van der Waals surface area contributed by atoms with E-state index in [0.29, 0.717) is 25.4 Å². The van der Waals surface area contributed by atoms with Crippen molar-refractivity contribution in [3.05, 3.63) is 0 Å². The second-order valence-electron chi connectivity index (χ2n) is 17.2. The Morgan fingerprint density at radius 1 is 0.444 bits per heavy atom. The summed E-state index contributed by atoms with van der Waals surface area (Å²) in [6.07, 6.45) is 42.7. The molecule has 5 nitrogen and oxygen atoms in total. The summed E-state index contributed by atoms with van der Waals surface area (Å²) in [6, 6.07) is 0. The first-order chi connectivity index (χ1) is 26.4. The molecular formula is C49H97NO4. The maximum absolute atomic E-state index is 12.7. The van der Waals surface area contributed by atoms with E-state index in [9.17, 15) is 9.59 Å². The van der Waals surface area contributed by atoms with Crippen LogP contribution in [-0.2, 0) is 19.1 Å². The summed E-state index contributed by atoms with van der Waals surface area (Å²) < 4.78 is 11.7. The molecule has 0 amide bonds. The van der Waals surface area contributed by atoms with Crippen molar-refractivity contribution in [3.8, 4) is 0 Å². The normalized spacial score (nSPS) is 12.3. The highest BCUT2D eigenvalue weighted by Gasteiger charge is 2.16. The molecule has 0 aliphatic carbocycles. The summed E-state index contributed by atoms with van der Waals surface area (Å²) in [7, 11) is 2.11. The molecule has 0 N–H and O–H groups in total. The third-order valence-electron chi connectivity index (χ3n) is 11.9. The van der Waals surface area contributed by atoms with Gasteiger partial charge in [-0.25, -0.2) is 0 Å². The second-order valence-corrected chi connectivity index (χ2v) is 17.2. The highest BCUT2D eigenvalue weighted by Crippen LogP contribution is 2.25. The summed E-state index contributed by atoms with van der Waals surface area (Å²) in [5.41, 5.74) is 0. The Morgan fingerprint density at radius 3 is 1.28 bits per heavy atom. The van der Waals surface area contributed by atoms with Gasteiger partial charge in [-0.2, -0.15) is 0 Å². The molecule has 0 spiro atoms. The van der Waals surface area contributed by atoms with Crippen molar-refractivity contribution in [2.75, 3.05) is 26.7 Å². The van der Waals surface area contributed by atoms with Gasteiger partial charge in [-0.05, 0) is 83.3 Å². The molecule has 0 aliphatic rings. The number of hydrogen-bond donors (Lipinski definition) is 0. The zero-order valence-corrected chi connectivity index (χ0v) is 37.7. The van der Waals surface area contributed by atoms with Gasteiger partial charge in [-0.15, -0.1) is 0 Å². The van der Waals surface area contributed by atoms with Gasteiger partial charge in [0.15, 0.2) is 0 Å². The van der Waals surface area contributed by atoms with Crippen LogP contribution in [0.15, 0.2) is 0 Å². The fourth-order valence-electron chi connectivity index (χ4n) is 8.02. The maximum atomic E-state index is 12.7. The van der Waals surface area contributed by atoms with E-state index in [0.717, 1.165) is 57.5 Å². The van der Waals surface area contributed by atoms with Crippen LogP contribution in [0.3, 0.4) is 0 Å². The smallest absolute Gasteiger partial charge is 0.306 e. The standard InChI is InChI=1S/C49H97NO4/c1-7-12-25-34-45(35-26-13-8-2)36-29-21-17-16-18-22-30-39-47(54-48(51)41-33-42-50(6)11-5)40-31-23-19-20-24-32-43-53-49(52)44-46(37-27-14-9-3)38-28-15-10-4/h45-47H,7-44H2,1-6H3. The van der Waals surface area contributed by atoms with Gasteiger partial charge in [0.25, 0.3) is 0 Å². The Kier molecular flexibility index (Phi) is 40.7. The summed E-state index contributed by atoms with van der Waals surface area (Å²) in [6.45, 7) is 13.8. The minimum Gasteiger partial charge on any atom is -0.466 e. The molecule has 54 heavy (non-hydrogen) atoms. The van der Waals surface area contributed by atoms with E-state index in [1.165, 1.54) is 173 Å². The van der Waals surface area contributed by atoms with Crippen molar-refractivity contribution in [3.63, 3.8) is 0 Å². The Labute approximate surface area is 339 Å². The van der Waals surface area contributed by atoms with Crippen LogP contribution in [0.4, 0.5) is 0 Å². The van der Waals surface area contributed by atoms with Crippen LogP contribution in [0, 0.1) is 11.8 Å². The van der Waals surface area contributed by atoms with E-state index in [1.54, 1.807) is 0 Å². The largest absolute Gasteiger partial charge is 0.466 e. The number of unbranched alkanes of at least 4 members (excludes halogenated alkanes) is 19. The van der Waals surface area contributed by atoms with E-state index < -0.39 is 0 Å². The SMILES string of the molecule is CCCCCC(CCCCC)CCCCCCCCCC(CCCCCCCCOC(=O)CC(CCCCC)CCCCC)OC(=O)CCCN(C)CC. The molecule has 0 rings (SSSR count). The molecule has 0 aromatic rings. The van der Waals surface area contributed by atoms with Crippen LogP contribution < -0.4 is 0 Å². The fourth-order valence-corrected chi connectivity index (χ4v) is 8.02. The van der Waals surface area contributed by atoms with Crippen LogP contribution in [0.1, 0.15) is 259 Å². The lowest BCUT2D eigenvalue weighted by Gasteiger charge is -2.19. The van der Waals surface area contributed by atoms with Crippen molar-refractivity contribution >= 4 is 11.9 Å². The van der Waals surface area contributed by atoms with Gasteiger partial charge in [0.1, 0.15) is 6.10 Å². The monoisotopic (exact) mass is 764 g/mol. The Hall–Kier alpha value is -1.10. The van der Waals surface area contributed by atoms with Gasteiger partial charge < -0.3 is 14.4 Å². The lowest BCUT2D eigenvalue weighted by atomic mass is 9.90. The molecule has 0 aromatic carbocycles. The Morgan fingerprint density at radius 2 is 0.833 bits per heavy atom. The average molecular weight is 764 g/mol. The molecule has 0 saturated heterocycles. The molecule has 0 bridgehead atoms. The van der Waals surface area contributed by atoms with Crippen LogP contribution in [0.2, 0.25) is 0 Å². The van der Waals surface area contributed by atoms with Crippen LogP contribution in [0.25, 0.3) is 0 Å². The van der Waals surface area contributed by atoms with E-state index in [4.69, 9.17) is 9.47 Å². The minimum atomic E-state index is -0.00465. The Bertz CT molecular complexity index is 768. The van der Waals surface area contributed by atoms with Crippen LogP contribution >= 0.6 is 0 Å². The van der Waals surface area contributed by atoms with Gasteiger partial charge >= 0.3 is 11.9 Å². The third kappa shape index (κ3) is 36.5. The minimum absolute atomic E-state index is 0.00465. The van der Waals surface area contributed by atoms with Gasteiger partial charge in [-0.3, -0.25) is 9.59 Å². The highest BCUT2D eigenvalue weighted by atomic mass is 16.5. The first-order valence-corrected chi connectivity index (χ1v) is 24.4. The van der Waals surface area contributed by atoms with Crippen LogP contribution in [-0.4, -0.2) is 49.7 Å². The predicted octanol–water partition coefficient (Wildman–Crippen LogP) is 15.4. The molecule has 5 heteroatoms. The summed E-state index contributed by atoms with van der Waals surface area (Å²) in [4.78, 5) is 27.5. The lowest BCUT2D eigenvalue weighted by Crippen LogP contribution is -2.22. The maximum Gasteiger partial charge on any atom is 0.306 e. The molecule has 1 atom stereocenters. The van der Waals surface area contributed by atoms with Gasteiger partial charge in [0, 0.05) is 12.8 Å². The van der Waals surface area contributed by atoms with Crippen molar-refractivity contribution in [1.29, 1.82) is 0 Å². The van der Waals surface area contributed by atoms with Crippen molar-refractivity contribution in [1.82, 2.24) is 4.90 Å². The quantitative estimate of drug-likeness (QED) is 0.0457. The van der Waals surface area contributed by atoms with E-state index >= 15 is 0 Å². The van der Waals surface area contributed by atoms with Crippen molar-refractivity contribution < 1.29 is 19.1 Å². The number of rotatable bonds is 43. The van der Waals surface area contributed by atoms with Gasteiger partial charge in [0.05, 0.1) is 6.61 Å².